The molecule has 8 heteroatoms. The molecule has 4 rings (SSSR count). The number of halogens is 1. The topological polar surface area (TPSA) is 62.3 Å². The molecule has 2 aromatic heterocycles. The van der Waals surface area contributed by atoms with E-state index in [-0.39, 0.29) is 0 Å². The predicted octanol–water partition coefficient (Wildman–Crippen LogP) is 4.86. The maximum atomic E-state index is 5.69. The van der Waals surface area contributed by atoms with Crippen LogP contribution in [0.3, 0.4) is 0 Å². The average molecular weight is 448 g/mol. The van der Waals surface area contributed by atoms with Gasteiger partial charge in [0.1, 0.15) is 19.0 Å². The highest BCUT2D eigenvalue weighted by molar-refractivity contribution is 9.10. The summed E-state index contributed by atoms with van der Waals surface area (Å²) in [5.74, 6) is 3.87. The molecule has 140 valence electrons. The third-order valence-corrected chi connectivity index (χ3v) is 5.95. The van der Waals surface area contributed by atoms with E-state index < -0.39 is 0 Å². The summed E-state index contributed by atoms with van der Waals surface area (Å²) in [5, 5.41) is 9.58. The van der Waals surface area contributed by atoms with E-state index in [9.17, 15) is 0 Å². The summed E-state index contributed by atoms with van der Waals surface area (Å²) in [4.78, 5) is 0. The molecular weight excluding hydrogens is 430 g/mol. The Labute approximate surface area is 169 Å². The van der Waals surface area contributed by atoms with Crippen LogP contribution in [0.5, 0.6) is 11.5 Å². The van der Waals surface area contributed by atoms with E-state index in [1.165, 1.54) is 0 Å². The zero-order valence-corrected chi connectivity index (χ0v) is 17.2. The highest BCUT2D eigenvalue weighted by Crippen LogP contribution is 2.38. The Morgan fingerprint density at radius 1 is 1.26 bits per heavy atom. The predicted molar refractivity (Wildman–Crippen MR) is 107 cm³/mol. The molecule has 3 heterocycles. The quantitative estimate of drug-likeness (QED) is 0.397. The molecule has 0 fully saturated rings. The molecule has 27 heavy (non-hydrogen) atoms. The average Bonchev–Trinajstić information content (AvgIpc) is 3.26. The third kappa shape index (κ3) is 3.64. The molecule has 0 aliphatic carbocycles. The van der Waals surface area contributed by atoms with Gasteiger partial charge in [0, 0.05) is 16.8 Å². The van der Waals surface area contributed by atoms with Crippen molar-refractivity contribution in [3.05, 3.63) is 52.9 Å². The SMILES string of the molecule is C=CCn1c(SCc2cc3c(cc2Br)OCCO3)nnc1-c1ccoc1C. The van der Waals surface area contributed by atoms with E-state index in [1.54, 1.807) is 18.0 Å². The Balaban J connectivity index is 1.59. The largest absolute Gasteiger partial charge is 0.486 e. The van der Waals surface area contributed by atoms with Gasteiger partial charge in [0.15, 0.2) is 22.5 Å². The molecular formula is C19H18BrN3O3S. The molecule has 1 aliphatic heterocycles. The number of benzene rings is 1. The van der Waals surface area contributed by atoms with Gasteiger partial charge in [-0.05, 0) is 30.7 Å². The van der Waals surface area contributed by atoms with Crippen LogP contribution in [0.25, 0.3) is 11.4 Å². The molecule has 0 radical (unpaired) electrons. The first kappa shape index (κ1) is 18.2. The number of aryl methyl sites for hydroxylation is 1. The number of allylic oxidation sites excluding steroid dienone is 1. The summed E-state index contributed by atoms with van der Waals surface area (Å²) in [6.07, 6.45) is 3.50. The number of nitrogens with zero attached hydrogens (tertiary/aromatic N) is 3. The molecule has 0 spiro atoms. The number of thioether (sulfide) groups is 1. The molecule has 6 nitrogen and oxygen atoms in total. The van der Waals surface area contributed by atoms with Gasteiger partial charge in [0.25, 0.3) is 0 Å². The number of ether oxygens (including phenoxy) is 2. The molecule has 0 saturated carbocycles. The molecule has 0 bridgehead atoms. The lowest BCUT2D eigenvalue weighted by Gasteiger charge is -2.19. The monoisotopic (exact) mass is 447 g/mol. The number of hydrogen-bond donors (Lipinski definition) is 0. The van der Waals surface area contributed by atoms with Crippen LogP contribution in [0.4, 0.5) is 0 Å². The summed E-state index contributed by atoms with van der Waals surface area (Å²) in [7, 11) is 0. The second-order valence-corrected chi connectivity index (χ2v) is 7.77. The fraction of sp³-hybridized carbons (Fsp3) is 0.263. The van der Waals surface area contributed by atoms with Gasteiger partial charge in [-0.25, -0.2) is 0 Å². The van der Waals surface area contributed by atoms with Crippen LogP contribution in [0.2, 0.25) is 0 Å². The molecule has 0 atom stereocenters. The number of fused-ring (bicyclic) bond motifs is 1. The standard InChI is InChI=1S/C19H18BrN3O3S/c1-3-5-23-18(14-4-6-24-12(14)2)21-22-19(23)27-11-13-9-16-17(10-15(13)20)26-8-7-25-16/h3-4,6,9-10H,1,5,7-8,11H2,2H3. The maximum Gasteiger partial charge on any atom is 0.192 e. The van der Waals surface area contributed by atoms with Crippen molar-refractivity contribution in [3.8, 4) is 22.9 Å². The van der Waals surface area contributed by atoms with Crippen LogP contribution in [0.1, 0.15) is 11.3 Å². The molecule has 0 amide bonds. The van der Waals surface area contributed by atoms with Crippen molar-refractivity contribution in [2.75, 3.05) is 13.2 Å². The summed E-state index contributed by atoms with van der Waals surface area (Å²) in [5.41, 5.74) is 2.05. The number of furan rings is 1. The fourth-order valence-corrected chi connectivity index (χ4v) is 4.45. The number of rotatable bonds is 6. The van der Waals surface area contributed by atoms with Gasteiger partial charge in [0.2, 0.25) is 0 Å². The Bertz CT molecular complexity index is 983. The minimum absolute atomic E-state index is 0.572. The van der Waals surface area contributed by atoms with E-state index in [0.717, 1.165) is 49.6 Å². The van der Waals surface area contributed by atoms with Crippen LogP contribution >= 0.6 is 27.7 Å². The Kier molecular flexibility index (Phi) is 5.27. The Morgan fingerprint density at radius 3 is 2.74 bits per heavy atom. The van der Waals surface area contributed by atoms with Gasteiger partial charge < -0.3 is 13.9 Å². The molecule has 0 unspecified atom stereocenters. The van der Waals surface area contributed by atoms with Crippen molar-refractivity contribution >= 4 is 27.7 Å². The van der Waals surface area contributed by atoms with E-state index in [1.807, 2.05) is 35.8 Å². The lowest BCUT2D eigenvalue weighted by Crippen LogP contribution is -2.15. The van der Waals surface area contributed by atoms with Gasteiger partial charge in [-0.3, -0.25) is 4.57 Å². The first-order valence-electron chi connectivity index (χ1n) is 8.46. The summed E-state index contributed by atoms with van der Waals surface area (Å²) < 4.78 is 19.8. The van der Waals surface area contributed by atoms with Crippen molar-refractivity contribution in [2.24, 2.45) is 0 Å². The van der Waals surface area contributed by atoms with Crippen molar-refractivity contribution in [1.82, 2.24) is 14.8 Å². The summed E-state index contributed by atoms with van der Waals surface area (Å²) in [6.45, 7) is 7.55. The zero-order chi connectivity index (χ0) is 18.8. The minimum Gasteiger partial charge on any atom is -0.486 e. The maximum absolute atomic E-state index is 5.69. The molecule has 0 N–H and O–H groups in total. The van der Waals surface area contributed by atoms with Crippen LogP contribution in [0.15, 0.2) is 51.2 Å². The second-order valence-electron chi connectivity index (χ2n) is 5.97. The van der Waals surface area contributed by atoms with Gasteiger partial charge in [-0.1, -0.05) is 33.8 Å². The van der Waals surface area contributed by atoms with Crippen molar-refractivity contribution < 1.29 is 13.9 Å². The highest BCUT2D eigenvalue weighted by Gasteiger charge is 2.19. The van der Waals surface area contributed by atoms with E-state index >= 15 is 0 Å². The van der Waals surface area contributed by atoms with E-state index in [0.29, 0.717) is 19.8 Å². The summed E-state index contributed by atoms with van der Waals surface area (Å²) in [6, 6.07) is 5.88. The normalized spacial score (nSPS) is 13.0. The van der Waals surface area contributed by atoms with E-state index in [2.05, 4.69) is 32.7 Å². The minimum atomic E-state index is 0.572. The van der Waals surface area contributed by atoms with Crippen LogP contribution < -0.4 is 9.47 Å². The van der Waals surface area contributed by atoms with Gasteiger partial charge in [-0.15, -0.1) is 16.8 Å². The third-order valence-electron chi connectivity index (χ3n) is 4.20. The van der Waals surface area contributed by atoms with Crippen LogP contribution in [-0.4, -0.2) is 28.0 Å². The van der Waals surface area contributed by atoms with Crippen LogP contribution in [-0.2, 0) is 12.3 Å². The summed E-state index contributed by atoms with van der Waals surface area (Å²) >= 11 is 5.24. The van der Waals surface area contributed by atoms with Gasteiger partial charge >= 0.3 is 0 Å². The van der Waals surface area contributed by atoms with Crippen molar-refractivity contribution in [1.29, 1.82) is 0 Å². The smallest absolute Gasteiger partial charge is 0.192 e. The van der Waals surface area contributed by atoms with Crippen LogP contribution in [0, 0.1) is 6.92 Å². The first-order valence-corrected chi connectivity index (χ1v) is 10.2. The molecule has 0 saturated heterocycles. The lowest BCUT2D eigenvalue weighted by atomic mass is 10.2. The van der Waals surface area contributed by atoms with Crippen molar-refractivity contribution in [3.63, 3.8) is 0 Å². The first-order chi connectivity index (χ1) is 13.2. The Morgan fingerprint density at radius 2 is 2.04 bits per heavy atom. The number of hydrogen-bond acceptors (Lipinski definition) is 6. The molecule has 1 aromatic carbocycles. The van der Waals surface area contributed by atoms with E-state index in [4.69, 9.17) is 13.9 Å². The van der Waals surface area contributed by atoms with Crippen molar-refractivity contribution in [2.45, 2.75) is 24.4 Å². The number of aromatic nitrogens is 3. The second kappa shape index (κ2) is 7.82. The van der Waals surface area contributed by atoms with Gasteiger partial charge in [0.05, 0.1) is 11.8 Å². The molecule has 3 aromatic rings. The van der Waals surface area contributed by atoms with Gasteiger partial charge in [-0.2, -0.15) is 0 Å². The fourth-order valence-electron chi connectivity index (χ4n) is 2.86. The lowest BCUT2D eigenvalue weighted by molar-refractivity contribution is 0.171. The zero-order valence-electron chi connectivity index (χ0n) is 14.8. The molecule has 1 aliphatic rings. The Hall–Kier alpha value is -2.19. The highest BCUT2D eigenvalue weighted by atomic mass is 79.9.